The van der Waals surface area contributed by atoms with E-state index in [-0.39, 0.29) is 37.1 Å². The Morgan fingerprint density at radius 3 is 2.58 bits per heavy atom. The van der Waals surface area contributed by atoms with Gasteiger partial charge in [-0.25, -0.2) is 4.79 Å². The number of likely N-dealkylation sites (tertiary alicyclic amines) is 1. The Hall–Kier alpha value is -4.12. The maximum Gasteiger partial charge on any atom is 0.401 e. The number of H-pyrrole nitrogens is 1. The molecular formula is C27H25F3N6O2. The third-order valence-corrected chi connectivity index (χ3v) is 7.38. The molecule has 0 saturated carbocycles. The maximum absolute atomic E-state index is 13.3. The first kappa shape index (κ1) is 24.2. The molecule has 2 atom stereocenters. The molecule has 2 aliphatic heterocycles. The highest BCUT2D eigenvalue weighted by Gasteiger charge is 2.44. The fraction of sp³-hybridized carbons (Fsp3) is 0.296. The van der Waals surface area contributed by atoms with Gasteiger partial charge < -0.3 is 14.8 Å². The highest BCUT2D eigenvalue weighted by atomic mass is 19.4. The molecule has 2 N–H and O–H groups in total. The number of hydrogen-bond donors (Lipinski definition) is 2. The number of benzene rings is 2. The number of anilines is 1. The van der Waals surface area contributed by atoms with E-state index >= 15 is 0 Å². The van der Waals surface area contributed by atoms with E-state index in [9.17, 15) is 22.8 Å². The number of aromatic nitrogens is 3. The number of pyridine rings is 1. The fourth-order valence-corrected chi connectivity index (χ4v) is 5.61. The second-order valence-corrected chi connectivity index (χ2v) is 9.95. The number of aromatic amines is 1. The van der Waals surface area contributed by atoms with Crippen molar-refractivity contribution in [2.75, 3.05) is 25.0 Å². The first-order chi connectivity index (χ1) is 18.2. The zero-order valence-electron chi connectivity index (χ0n) is 20.5. The van der Waals surface area contributed by atoms with Gasteiger partial charge in [-0.3, -0.25) is 14.8 Å². The molecule has 2 aliphatic rings. The molecule has 6 rings (SSSR count). The largest absolute Gasteiger partial charge is 0.401 e. The lowest BCUT2D eigenvalue weighted by Gasteiger charge is -2.36. The molecule has 196 valence electrons. The number of carbonyl (C=O) groups is 1. The number of hydrogen-bond acceptors (Lipinski definition) is 4. The average molecular weight is 523 g/mol. The summed E-state index contributed by atoms with van der Waals surface area (Å²) in [5.41, 5.74) is 4.40. The number of urea groups is 1. The summed E-state index contributed by atoms with van der Waals surface area (Å²) in [5.74, 6) is -0.260. The van der Waals surface area contributed by atoms with Gasteiger partial charge in [0.1, 0.15) is 5.69 Å². The van der Waals surface area contributed by atoms with Crippen LogP contribution in [0.5, 0.6) is 0 Å². The zero-order chi connectivity index (χ0) is 26.6. The molecule has 2 aromatic carbocycles. The molecule has 0 spiro atoms. The molecule has 1 unspecified atom stereocenters. The predicted molar refractivity (Wildman–Crippen MR) is 137 cm³/mol. The summed E-state index contributed by atoms with van der Waals surface area (Å²) in [6, 6.07) is 15.6. The van der Waals surface area contributed by atoms with Crippen molar-refractivity contribution in [1.29, 1.82) is 0 Å². The molecular weight excluding hydrogens is 497 g/mol. The van der Waals surface area contributed by atoms with Crippen molar-refractivity contribution in [3.05, 3.63) is 82.3 Å². The van der Waals surface area contributed by atoms with E-state index in [2.05, 4.69) is 15.5 Å². The lowest BCUT2D eigenvalue weighted by Crippen LogP contribution is -2.48. The van der Waals surface area contributed by atoms with Crippen LogP contribution in [0.2, 0.25) is 0 Å². The lowest BCUT2D eigenvalue weighted by molar-refractivity contribution is -0.143. The number of fused-ring (bicyclic) bond motifs is 2. The highest BCUT2D eigenvalue weighted by Crippen LogP contribution is 2.38. The van der Waals surface area contributed by atoms with Gasteiger partial charge in [-0.2, -0.15) is 18.3 Å². The number of halogens is 3. The molecule has 0 aliphatic carbocycles. The highest BCUT2D eigenvalue weighted by molar-refractivity contribution is 6.00. The number of alkyl halides is 3. The Morgan fingerprint density at radius 1 is 1.05 bits per heavy atom. The Kier molecular flexibility index (Phi) is 5.75. The van der Waals surface area contributed by atoms with Crippen LogP contribution in [0.25, 0.3) is 22.2 Å². The minimum atomic E-state index is -4.32. The van der Waals surface area contributed by atoms with Crippen molar-refractivity contribution >= 4 is 22.6 Å². The first-order valence-electron chi connectivity index (χ1n) is 12.3. The topological polar surface area (TPSA) is 86.3 Å². The lowest BCUT2D eigenvalue weighted by atomic mass is 9.92. The molecule has 4 aromatic rings. The summed E-state index contributed by atoms with van der Waals surface area (Å²) >= 11 is 0. The van der Waals surface area contributed by atoms with Gasteiger partial charge in [0.05, 0.1) is 18.1 Å². The Labute approximate surface area is 215 Å². The monoisotopic (exact) mass is 522 g/mol. The van der Waals surface area contributed by atoms with Crippen LogP contribution >= 0.6 is 0 Å². The van der Waals surface area contributed by atoms with Crippen molar-refractivity contribution in [2.45, 2.75) is 24.7 Å². The van der Waals surface area contributed by atoms with Crippen LogP contribution in [0, 0.1) is 0 Å². The minimum Gasteiger partial charge on any atom is -0.318 e. The molecule has 2 amide bonds. The van der Waals surface area contributed by atoms with E-state index in [1.807, 2.05) is 42.5 Å². The van der Waals surface area contributed by atoms with Crippen molar-refractivity contribution < 1.29 is 18.0 Å². The SMILES string of the molecule is Cn1cc(-c2n[nH]c3cc4c(cc23)CN([C@@H]2CN(CC(F)(F)F)CC2c2ccccc2)C(=O)N4)ccc1=O. The third-order valence-electron chi connectivity index (χ3n) is 7.38. The number of nitrogens with one attached hydrogen (secondary N) is 2. The van der Waals surface area contributed by atoms with Crippen LogP contribution in [0.4, 0.5) is 23.7 Å². The zero-order valence-corrected chi connectivity index (χ0v) is 20.5. The molecule has 4 heterocycles. The molecule has 0 radical (unpaired) electrons. The van der Waals surface area contributed by atoms with Gasteiger partial charge in [-0.15, -0.1) is 0 Å². The van der Waals surface area contributed by atoms with Crippen LogP contribution in [-0.4, -0.2) is 62.4 Å². The van der Waals surface area contributed by atoms with Gasteiger partial charge in [0.2, 0.25) is 5.56 Å². The summed E-state index contributed by atoms with van der Waals surface area (Å²) in [4.78, 5) is 28.1. The molecule has 38 heavy (non-hydrogen) atoms. The van der Waals surface area contributed by atoms with Crippen LogP contribution in [0.3, 0.4) is 0 Å². The molecule has 11 heteroatoms. The quantitative estimate of drug-likeness (QED) is 0.419. The summed E-state index contributed by atoms with van der Waals surface area (Å²) in [5, 5.41) is 11.2. The summed E-state index contributed by atoms with van der Waals surface area (Å²) in [7, 11) is 1.67. The number of carbonyl (C=O) groups excluding carboxylic acids is 1. The number of rotatable bonds is 4. The minimum absolute atomic E-state index is 0.124. The van der Waals surface area contributed by atoms with Crippen molar-refractivity contribution in [2.24, 2.45) is 7.05 Å². The first-order valence-corrected chi connectivity index (χ1v) is 12.3. The third kappa shape index (κ3) is 4.43. The second-order valence-electron chi connectivity index (χ2n) is 9.95. The van der Waals surface area contributed by atoms with Crippen LogP contribution in [-0.2, 0) is 13.6 Å². The molecule has 0 bridgehead atoms. The predicted octanol–water partition coefficient (Wildman–Crippen LogP) is 4.31. The van der Waals surface area contributed by atoms with Crippen LogP contribution < -0.4 is 10.9 Å². The molecule has 8 nitrogen and oxygen atoms in total. The van der Waals surface area contributed by atoms with Gasteiger partial charge in [-0.1, -0.05) is 30.3 Å². The normalized spacial score (nSPS) is 20.1. The number of amides is 2. The van der Waals surface area contributed by atoms with Gasteiger partial charge in [0.25, 0.3) is 0 Å². The second kappa shape index (κ2) is 9.02. The van der Waals surface area contributed by atoms with Crippen molar-refractivity contribution in [3.8, 4) is 11.3 Å². The van der Waals surface area contributed by atoms with Gasteiger partial charge in [0.15, 0.2) is 0 Å². The van der Waals surface area contributed by atoms with Gasteiger partial charge in [0, 0.05) is 61.5 Å². The average Bonchev–Trinajstić information content (AvgIpc) is 3.47. The number of aryl methyl sites for hydroxylation is 1. The number of nitrogens with zero attached hydrogens (tertiary/aromatic N) is 4. The Bertz CT molecular complexity index is 1580. The van der Waals surface area contributed by atoms with E-state index in [4.69, 9.17) is 0 Å². The Balaban J connectivity index is 1.35. The van der Waals surface area contributed by atoms with Gasteiger partial charge >= 0.3 is 12.2 Å². The van der Waals surface area contributed by atoms with Gasteiger partial charge in [-0.05, 0) is 29.3 Å². The van der Waals surface area contributed by atoms with Crippen LogP contribution in [0.1, 0.15) is 17.0 Å². The van der Waals surface area contributed by atoms with Crippen molar-refractivity contribution in [3.63, 3.8) is 0 Å². The molecule has 1 fully saturated rings. The Morgan fingerprint density at radius 2 is 1.84 bits per heavy atom. The van der Waals surface area contributed by atoms with E-state index in [1.54, 1.807) is 24.2 Å². The maximum atomic E-state index is 13.3. The van der Waals surface area contributed by atoms with Crippen LogP contribution in [0.15, 0.2) is 65.6 Å². The molecule has 1 saturated heterocycles. The van der Waals surface area contributed by atoms with Crippen molar-refractivity contribution in [1.82, 2.24) is 24.6 Å². The summed E-state index contributed by atoms with van der Waals surface area (Å²) in [6.07, 6.45) is -2.61. The van der Waals surface area contributed by atoms with E-state index in [1.165, 1.54) is 15.5 Å². The summed E-state index contributed by atoms with van der Waals surface area (Å²) < 4.78 is 41.3. The molecule has 2 aromatic heterocycles. The standard InChI is InChI=1S/C27H25F3N6O2/c1-34-11-17(7-8-24(34)37)25-19-9-18-12-36(26(38)31-21(18)10-22(19)32-33-25)23-14-35(15-27(28,29)30)13-20(23)16-5-3-2-4-6-16/h2-11,20,23H,12-15H2,1H3,(H,31,38)(H,32,33)/t20?,23-/m1/s1. The fourth-order valence-electron chi connectivity index (χ4n) is 5.61. The smallest absolute Gasteiger partial charge is 0.318 e. The van der Waals surface area contributed by atoms with E-state index < -0.39 is 18.8 Å². The summed E-state index contributed by atoms with van der Waals surface area (Å²) in [6.45, 7) is -0.429. The van der Waals surface area contributed by atoms with E-state index in [0.717, 1.165) is 27.6 Å². The van der Waals surface area contributed by atoms with E-state index in [0.29, 0.717) is 11.4 Å².